The number of carbonyl (C=O) groups excluding carboxylic acids is 2. The number of benzene rings is 2. The lowest BCUT2D eigenvalue weighted by Crippen LogP contribution is -2.33. The number of nitrogens with zero attached hydrogens (tertiary/aromatic N) is 1. The number of ketones is 2. The molecule has 0 fully saturated rings. The molecule has 2 atom stereocenters. The average molecular weight is 540 g/mol. The largest absolute Gasteiger partial charge is 0.475 e. The molecule has 0 bridgehead atoms. The van der Waals surface area contributed by atoms with Gasteiger partial charge in [-0.2, -0.15) is 0 Å². The van der Waals surface area contributed by atoms with Gasteiger partial charge in [0.15, 0.2) is 17.8 Å². The average Bonchev–Trinajstić information content (AvgIpc) is 3.41. The smallest absolute Gasteiger partial charge is 0.344 e. The monoisotopic (exact) mass is 540 g/mol. The number of phosphoric acid groups is 1. The van der Waals surface area contributed by atoms with E-state index in [-0.39, 0.29) is 6.61 Å². The Morgan fingerprint density at radius 2 is 1.45 bits per heavy atom. The molecule has 12 heteroatoms. The van der Waals surface area contributed by atoms with E-state index in [1.54, 1.807) is 79.7 Å². The number of H-pyrrole nitrogens is 1. The third kappa shape index (κ3) is 6.97. The van der Waals surface area contributed by atoms with Crippen LogP contribution in [0.3, 0.4) is 0 Å². The minimum atomic E-state index is -4.41. The second kappa shape index (κ2) is 12.2. The summed E-state index contributed by atoms with van der Waals surface area (Å²) in [7, 11) is -4.41. The van der Waals surface area contributed by atoms with Crippen molar-refractivity contribution in [2.45, 2.75) is 19.3 Å². The van der Waals surface area contributed by atoms with Gasteiger partial charge in [0, 0.05) is 22.9 Å². The normalized spacial score (nSPS) is 17.0. The number of Topliss-reactive ketones (excluding diaryl/α,β-unsaturated/α-hetero) is 2. The molecule has 0 spiro atoms. The first kappa shape index (κ1) is 27.3. The third-order valence-corrected chi connectivity index (χ3v) is 6.88. The topological polar surface area (TPSA) is 143 Å². The molecule has 11 nitrogen and oxygen atoms in total. The maximum Gasteiger partial charge on any atom is 0.475 e. The number of rotatable bonds is 12. The molecule has 0 amide bonds. The van der Waals surface area contributed by atoms with E-state index < -0.39 is 56.2 Å². The molecule has 1 aliphatic rings. The Morgan fingerprint density at radius 1 is 0.895 bits per heavy atom. The summed E-state index contributed by atoms with van der Waals surface area (Å²) < 4.78 is 36.3. The second-order valence-electron chi connectivity index (χ2n) is 8.30. The van der Waals surface area contributed by atoms with Crippen molar-refractivity contribution in [3.8, 4) is 0 Å². The fraction of sp³-hybridized carbons (Fsp3) is 0.231. The number of carbonyl (C=O) groups is 2. The zero-order valence-corrected chi connectivity index (χ0v) is 21.2. The number of phosphoric ester groups is 1. The van der Waals surface area contributed by atoms with E-state index in [0.717, 1.165) is 0 Å². The highest BCUT2D eigenvalue weighted by Crippen LogP contribution is 2.50. The van der Waals surface area contributed by atoms with E-state index in [4.69, 9.17) is 18.3 Å². The van der Waals surface area contributed by atoms with E-state index >= 15 is 0 Å². The number of ether oxygens (including phenoxy) is 1. The quantitative estimate of drug-likeness (QED) is 0.208. The number of aromatic nitrogens is 2. The lowest BCUT2D eigenvalue weighted by atomic mass is 10.1. The van der Waals surface area contributed by atoms with Crippen molar-refractivity contribution in [2.24, 2.45) is 0 Å². The Kier molecular flexibility index (Phi) is 8.77. The minimum absolute atomic E-state index is 0.318. The van der Waals surface area contributed by atoms with Crippen LogP contribution in [0.15, 0.2) is 88.6 Å². The third-order valence-electron chi connectivity index (χ3n) is 5.52. The van der Waals surface area contributed by atoms with E-state index in [2.05, 4.69) is 4.98 Å². The first-order chi connectivity index (χ1) is 18.2. The van der Waals surface area contributed by atoms with Gasteiger partial charge in [-0.05, 0) is 13.0 Å². The molecule has 0 unspecified atom stereocenters. The number of aryl methyl sites for hydroxylation is 1. The van der Waals surface area contributed by atoms with Crippen molar-refractivity contribution in [1.29, 1.82) is 0 Å². The lowest BCUT2D eigenvalue weighted by Gasteiger charge is -2.20. The Balaban J connectivity index is 1.41. The Labute approximate surface area is 217 Å². The molecule has 0 aliphatic carbocycles. The highest BCUT2D eigenvalue weighted by Gasteiger charge is 2.32. The van der Waals surface area contributed by atoms with Crippen LogP contribution in [-0.4, -0.2) is 47.0 Å². The van der Waals surface area contributed by atoms with Crippen molar-refractivity contribution < 1.29 is 32.5 Å². The lowest BCUT2D eigenvalue weighted by molar-refractivity contribution is -0.0143. The van der Waals surface area contributed by atoms with Gasteiger partial charge in [0.25, 0.3) is 5.56 Å². The molecule has 1 aliphatic heterocycles. The first-order valence-corrected chi connectivity index (χ1v) is 13.1. The summed E-state index contributed by atoms with van der Waals surface area (Å²) in [6.07, 6.45) is 2.89. The predicted molar refractivity (Wildman–Crippen MR) is 136 cm³/mol. The van der Waals surface area contributed by atoms with E-state index in [9.17, 15) is 23.7 Å². The van der Waals surface area contributed by atoms with Crippen molar-refractivity contribution in [1.82, 2.24) is 9.55 Å². The standard InChI is InChI=1S/C26H25N2O9P/c1-18-14-28(26(32)27-25(18)31)24-13-12-21(37-24)15-34-38(33,35-16-22(29)19-8-4-2-5-9-19)36-17-23(30)20-10-6-3-7-11-20/h2-14,21,24H,15-17H2,1H3,(H,27,31,32)/t21-,24+/m0/s1. The molecule has 4 rings (SSSR count). The molecule has 38 heavy (non-hydrogen) atoms. The van der Waals surface area contributed by atoms with Crippen LogP contribution in [0.4, 0.5) is 0 Å². The van der Waals surface area contributed by atoms with Crippen LogP contribution >= 0.6 is 7.82 Å². The zero-order valence-electron chi connectivity index (χ0n) is 20.4. The van der Waals surface area contributed by atoms with Gasteiger partial charge in [0.05, 0.1) is 6.61 Å². The fourth-order valence-corrected chi connectivity index (χ4v) is 4.59. The fourth-order valence-electron chi connectivity index (χ4n) is 3.48. The molecule has 0 radical (unpaired) electrons. The van der Waals surface area contributed by atoms with Gasteiger partial charge >= 0.3 is 13.5 Å². The summed E-state index contributed by atoms with van der Waals surface area (Å²) in [5, 5.41) is 0. The predicted octanol–water partition coefficient (Wildman–Crippen LogP) is 3.22. The van der Waals surface area contributed by atoms with Crippen LogP contribution in [0.25, 0.3) is 0 Å². The second-order valence-corrected chi connectivity index (χ2v) is 9.97. The molecule has 3 aromatic rings. The van der Waals surface area contributed by atoms with E-state index in [1.165, 1.54) is 10.8 Å². The molecule has 0 saturated carbocycles. The zero-order chi connectivity index (χ0) is 27.1. The Hall–Kier alpha value is -3.73. The highest BCUT2D eigenvalue weighted by molar-refractivity contribution is 7.48. The Bertz CT molecular complexity index is 1420. The molecule has 1 N–H and O–H groups in total. The Morgan fingerprint density at radius 3 is 2.00 bits per heavy atom. The summed E-state index contributed by atoms with van der Waals surface area (Å²) in [6.45, 7) is -0.0133. The van der Waals surface area contributed by atoms with Gasteiger partial charge < -0.3 is 4.74 Å². The van der Waals surface area contributed by atoms with Crippen LogP contribution in [0.2, 0.25) is 0 Å². The SMILES string of the molecule is Cc1cn([C@H]2C=C[C@@H](COP(=O)(OCC(=O)c3ccccc3)OCC(=O)c3ccccc3)O2)c(=O)[nH]c1=O. The van der Waals surface area contributed by atoms with E-state index in [1.807, 2.05) is 0 Å². The summed E-state index contributed by atoms with van der Waals surface area (Å²) in [5.74, 6) is -0.922. The van der Waals surface area contributed by atoms with Crippen LogP contribution in [0, 0.1) is 6.92 Å². The molecule has 2 heterocycles. The van der Waals surface area contributed by atoms with Crippen molar-refractivity contribution in [3.05, 3.63) is 117 Å². The van der Waals surface area contributed by atoms with Crippen LogP contribution < -0.4 is 11.2 Å². The number of nitrogens with one attached hydrogen (secondary N) is 1. The number of hydrogen-bond donors (Lipinski definition) is 1. The van der Waals surface area contributed by atoms with Gasteiger partial charge in [-0.3, -0.25) is 37.5 Å². The van der Waals surface area contributed by atoms with Crippen LogP contribution in [-0.2, 0) is 22.9 Å². The van der Waals surface area contributed by atoms with Gasteiger partial charge in [-0.15, -0.1) is 0 Å². The highest BCUT2D eigenvalue weighted by atomic mass is 31.2. The summed E-state index contributed by atoms with van der Waals surface area (Å²) >= 11 is 0. The number of hydrogen-bond acceptors (Lipinski definition) is 9. The van der Waals surface area contributed by atoms with Gasteiger partial charge in [-0.25, -0.2) is 9.36 Å². The summed E-state index contributed by atoms with van der Waals surface area (Å²) in [4.78, 5) is 50.9. The molecular formula is C26H25N2O9P. The maximum atomic E-state index is 13.4. The van der Waals surface area contributed by atoms with Crippen LogP contribution in [0.1, 0.15) is 32.5 Å². The molecule has 0 saturated heterocycles. The molecule has 2 aromatic carbocycles. The van der Waals surface area contributed by atoms with Crippen molar-refractivity contribution in [2.75, 3.05) is 19.8 Å². The summed E-state index contributed by atoms with van der Waals surface area (Å²) in [6, 6.07) is 16.5. The number of aromatic amines is 1. The minimum Gasteiger partial charge on any atom is -0.344 e. The molecular weight excluding hydrogens is 515 g/mol. The van der Waals surface area contributed by atoms with Gasteiger partial charge in [0.2, 0.25) is 0 Å². The van der Waals surface area contributed by atoms with Crippen molar-refractivity contribution in [3.63, 3.8) is 0 Å². The first-order valence-electron chi connectivity index (χ1n) is 11.6. The summed E-state index contributed by atoms with van der Waals surface area (Å²) in [5.41, 5.74) is -0.165. The van der Waals surface area contributed by atoms with Gasteiger partial charge in [0.1, 0.15) is 19.3 Å². The van der Waals surface area contributed by atoms with Gasteiger partial charge in [-0.1, -0.05) is 66.7 Å². The van der Waals surface area contributed by atoms with E-state index in [0.29, 0.717) is 16.7 Å². The maximum absolute atomic E-state index is 13.4. The van der Waals surface area contributed by atoms with Crippen LogP contribution in [0.5, 0.6) is 0 Å². The molecule has 1 aromatic heterocycles. The van der Waals surface area contributed by atoms with Crippen molar-refractivity contribution >= 4 is 19.4 Å². The molecule has 198 valence electrons.